The van der Waals surface area contributed by atoms with Crippen molar-refractivity contribution in [2.45, 2.75) is 51.9 Å². The van der Waals surface area contributed by atoms with Crippen LogP contribution in [0.15, 0.2) is 29.0 Å². The molecule has 1 aliphatic rings. The molecule has 3 aromatic rings. The number of likely N-dealkylation sites (tertiary alicyclic amines) is 1. The monoisotopic (exact) mass is 461 g/mol. The molecule has 0 spiro atoms. The third-order valence-corrected chi connectivity index (χ3v) is 5.13. The van der Waals surface area contributed by atoms with Gasteiger partial charge in [0.15, 0.2) is 5.82 Å². The number of carbonyl (C=O) groups excluding carboxylic acids is 1. The predicted octanol–water partition coefficient (Wildman–Crippen LogP) is 3.28. The molecule has 3 heterocycles. The Morgan fingerprint density at radius 2 is 2.06 bits per heavy atom. The summed E-state index contributed by atoms with van der Waals surface area (Å²) in [6.45, 7) is 6.93. The number of tetrazole rings is 1. The number of ether oxygens (including phenoxy) is 2. The van der Waals surface area contributed by atoms with Crippen molar-refractivity contribution in [1.29, 1.82) is 0 Å². The second-order valence-electron chi connectivity index (χ2n) is 8.41. The maximum atomic E-state index is 12.2. The van der Waals surface area contributed by atoms with Crippen LogP contribution in [0.4, 0.5) is 4.79 Å². The van der Waals surface area contributed by atoms with Crippen molar-refractivity contribution >= 4 is 17.7 Å². The summed E-state index contributed by atoms with van der Waals surface area (Å²) >= 11 is 6.32. The van der Waals surface area contributed by atoms with Gasteiger partial charge in [0, 0.05) is 13.1 Å². The molecule has 170 valence electrons. The van der Waals surface area contributed by atoms with E-state index in [4.69, 9.17) is 25.6 Å². The number of hydrogen-bond donors (Lipinski definition) is 0. The summed E-state index contributed by atoms with van der Waals surface area (Å²) in [5.74, 6) is 0.696. The zero-order valence-corrected chi connectivity index (χ0v) is 18.8. The molecular weight excluding hydrogens is 438 g/mol. The average Bonchev–Trinajstić information content (AvgIpc) is 3.44. The summed E-state index contributed by atoms with van der Waals surface area (Å²) in [6, 6.07) is 5.27. The van der Waals surface area contributed by atoms with Crippen molar-refractivity contribution < 1.29 is 18.8 Å². The van der Waals surface area contributed by atoms with E-state index < -0.39 is 5.60 Å². The average molecular weight is 462 g/mol. The first kappa shape index (κ1) is 22.2. The van der Waals surface area contributed by atoms with Gasteiger partial charge in [-0.25, -0.2) is 9.48 Å². The Balaban J connectivity index is 1.32. The number of benzene rings is 1. The second kappa shape index (κ2) is 9.21. The Morgan fingerprint density at radius 3 is 2.75 bits per heavy atom. The van der Waals surface area contributed by atoms with Gasteiger partial charge in [-0.15, -0.1) is 5.10 Å². The lowest BCUT2D eigenvalue weighted by molar-refractivity contribution is -0.0190. The van der Waals surface area contributed by atoms with Crippen LogP contribution in [0.1, 0.15) is 39.4 Å². The number of aromatic nitrogens is 6. The van der Waals surface area contributed by atoms with Crippen LogP contribution in [0.5, 0.6) is 0 Å². The molecule has 4 rings (SSSR count). The molecule has 0 aliphatic carbocycles. The van der Waals surface area contributed by atoms with Crippen LogP contribution in [-0.2, 0) is 16.1 Å². The summed E-state index contributed by atoms with van der Waals surface area (Å²) in [5.41, 5.74) is 0.779. The van der Waals surface area contributed by atoms with Gasteiger partial charge >= 0.3 is 6.09 Å². The summed E-state index contributed by atoms with van der Waals surface area (Å²) in [4.78, 5) is 18.3. The van der Waals surface area contributed by atoms with Crippen LogP contribution in [0, 0.1) is 0 Å². The number of carbonyl (C=O) groups is 1. The Morgan fingerprint density at radius 1 is 1.28 bits per heavy atom. The molecule has 1 saturated heterocycles. The largest absolute Gasteiger partial charge is 0.444 e. The molecule has 0 radical (unpaired) electrons. The molecule has 0 unspecified atom stereocenters. The number of piperidine rings is 1. The van der Waals surface area contributed by atoms with Gasteiger partial charge in [-0.2, -0.15) is 4.98 Å². The van der Waals surface area contributed by atoms with E-state index in [1.54, 1.807) is 23.1 Å². The minimum atomic E-state index is -0.505. The molecule has 32 heavy (non-hydrogen) atoms. The minimum absolute atomic E-state index is 0.00219. The highest BCUT2D eigenvalue weighted by Gasteiger charge is 2.27. The summed E-state index contributed by atoms with van der Waals surface area (Å²) in [5, 5.41) is 15.6. The molecule has 1 fully saturated rings. The summed E-state index contributed by atoms with van der Waals surface area (Å²) in [7, 11) is 0. The Labute approximate surface area is 189 Å². The summed E-state index contributed by atoms with van der Waals surface area (Å²) < 4.78 is 18.2. The van der Waals surface area contributed by atoms with Crippen molar-refractivity contribution in [3.8, 4) is 17.1 Å². The second-order valence-corrected chi connectivity index (χ2v) is 8.82. The van der Waals surface area contributed by atoms with Crippen LogP contribution in [0.3, 0.4) is 0 Å². The lowest BCUT2D eigenvalue weighted by atomic mass is 10.1. The zero-order chi connectivity index (χ0) is 22.7. The maximum Gasteiger partial charge on any atom is 0.410 e. The van der Waals surface area contributed by atoms with Crippen LogP contribution < -0.4 is 0 Å². The molecule has 1 aliphatic heterocycles. The van der Waals surface area contributed by atoms with Gasteiger partial charge in [0.05, 0.1) is 22.4 Å². The molecule has 11 nitrogen and oxygen atoms in total. The summed E-state index contributed by atoms with van der Waals surface area (Å²) in [6.07, 6.45) is 2.61. The number of halogens is 1. The first-order valence-corrected chi connectivity index (χ1v) is 10.6. The first-order valence-electron chi connectivity index (χ1n) is 10.2. The van der Waals surface area contributed by atoms with Crippen LogP contribution >= 0.6 is 11.6 Å². The molecule has 0 saturated carbocycles. The molecule has 0 atom stereocenters. The van der Waals surface area contributed by atoms with Crippen LogP contribution in [-0.4, -0.2) is 66.1 Å². The van der Waals surface area contributed by atoms with Gasteiger partial charge in [-0.1, -0.05) is 16.8 Å². The van der Waals surface area contributed by atoms with Gasteiger partial charge in [0.2, 0.25) is 0 Å². The molecule has 12 heteroatoms. The van der Waals surface area contributed by atoms with Gasteiger partial charge in [0.25, 0.3) is 5.89 Å². The number of rotatable bonds is 5. The lowest BCUT2D eigenvalue weighted by Gasteiger charge is -2.33. The lowest BCUT2D eigenvalue weighted by Crippen LogP contribution is -2.43. The molecule has 1 aromatic carbocycles. The smallest absolute Gasteiger partial charge is 0.410 e. The quantitative estimate of drug-likeness (QED) is 0.563. The van der Waals surface area contributed by atoms with E-state index in [1.165, 1.54) is 11.0 Å². The normalized spacial score (nSPS) is 15.2. The number of amides is 1. The van der Waals surface area contributed by atoms with E-state index in [2.05, 4.69) is 25.7 Å². The van der Waals surface area contributed by atoms with Gasteiger partial charge < -0.3 is 18.9 Å². The third kappa shape index (κ3) is 5.40. The maximum absolute atomic E-state index is 12.2. The molecule has 0 N–H and O–H groups in total. The third-order valence-electron chi connectivity index (χ3n) is 4.80. The van der Waals surface area contributed by atoms with Gasteiger partial charge in [-0.05, 0) is 62.2 Å². The Bertz CT molecular complexity index is 1060. The van der Waals surface area contributed by atoms with E-state index in [0.717, 1.165) is 0 Å². The number of hydrogen-bond acceptors (Lipinski definition) is 9. The minimum Gasteiger partial charge on any atom is -0.444 e. The van der Waals surface area contributed by atoms with E-state index >= 15 is 0 Å². The van der Waals surface area contributed by atoms with Crippen molar-refractivity contribution in [2.24, 2.45) is 0 Å². The van der Waals surface area contributed by atoms with E-state index in [0.29, 0.717) is 48.0 Å². The van der Waals surface area contributed by atoms with Crippen molar-refractivity contribution in [2.75, 3.05) is 13.1 Å². The highest BCUT2D eigenvalue weighted by atomic mass is 35.5. The highest BCUT2D eigenvalue weighted by molar-refractivity contribution is 6.33. The molecular formula is C20H24ClN7O4. The molecule has 2 aromatic heterocycles. The van der Waals surface area contributed by atoms with E-state index in [1.807, 2.05) is 20.8 Å². The van der Waals surface area contributed by atoms with Crippen molar-refractivity contribution in [3.63, 3.8) is 0 Å². The fraction of sp³-hybridized carbons (Fsp3) is 0.500. The Kier molecular flexibility index (Phi) is 6.38. The van der Waals surface area contributed by atoms with Gasteiger partial charge in [0.1, 0.15) is 18.5 Å². The van der Waals surface area contributed by atoms with E-state index in [-0.39, 0.29) is 24.7 Å². The fourth-order valence-electron chi connectivity index (χ4n) is 3.25. The zero-order valence-electron chi connectivity index (χ0n) is 18.1. The van der Waals surface area contributed by atoms with Crippen molar-refractivity contribution in [1.82, 2.24) is 35.2 Å². The fourth-order valence-corrected chi connectivity index (χ4v) is 3.44. The topological polar surface area (TPSA) is 121 Å². The standard InChI is InChI=1S/C20H24ClN7O4/c1-20(2,3)31-19(29)27-8-6-14(7-9-27)30-11-17-23-18(32-24-17)15-10-13(4-5-16(15)21)28-12-22-25-26-28/h4-5,10,12,14H,6-9,11H2,1-3H3. The molecule has 0 bridgehead atoms. The van der Waals surface area contributed by atoms with E-state index in [9.17, 15) is 4.79 Å². The Hall–Kier alpha value is -3.05. The van der Waals surface area contributed by atoms with Gasteiger partial charge in [-0.3, -0.25) is 0 Å². The van der Waals surface area contributed by atoms with Crippen molar-refractivity contribution in [3.05, 3.63) is 35.4 Å². The van der Waals surface area contributed by atoms with Crippen LogP contribution in [0.25, 0.3) is 17.1 Å². The van der Waals surface area contributed by atoms with Crippen LogP contribution in [0.2, 0.25) is 5.02 Å². The number of nitrogens with zero attached hydrogens (tertiary/aromatic N) is 7. The SMILES string of the molecule is CC(C)(C)OC(=O)N1CCC(OCc2noc(-c3cc(-n4cnnn4)ccc3Cl)n2)CC1. The predicted molar refractivity (Wildman–Crippen MR) is 113 cm³/mol. The molecule has 1 amide bonds. The first-order chi connectivity index (χ1) is 15.3. The highest BCUT2D eigenvalue weighted by Crippen LogP contribution is 2.29.